The summed E-state index contributed by atoms with van der Waals surface area (Å²) in [4.78, 5) is 19.6. The molecule has 76 valence electrons. The fourth-order valence-corrected chi connectivity index (χ4v) is 0. The summed E-state index contributed by atoms with van der Waals surface area (Å²) < 4.78 is 27.5. The molecule has 0 aliphatic heterocycles. The topological polar surface area (TPSA) is 98.7 Å². The van der Waals surface area contributed by atoms with Crippen LogP contribution in [0.4, 0.5) is 0 Å². The molecule has 0 aliphatic rings. The van der Waals surface area contributed by atoms with Gasteiger partial charge in [0, 0.05) is 27.5 Å². The van der Waals surface area contributed by atoms with Crippen molar-refractivity contribution in [3.63, 3.8) is 0 Å². The first-order valence-electron chi connectivity index (χ1n) is 2.81. The maximum atomic E-state index is 9.81. The standard InChI is InChI=1S/2C2H7O3P.Ca/c2*1-5-6(2,3)4;/h2*1-2H3,(H,3,4);/q;;+2/p-2. The smallest absolute Gasteiger partial charge is 0.779 e. The van der Waals surface area contributed by atoms with Crippen molar-refractivity contribution in [3.05, 3.63) is 0 Å². The summed E-state index contributed by atoms with van der Waals surface area (Å²) in [5.74, 6) is 0. The Kier molecular flexibility index (Phi) is 13.6. The third-order valence-electron chi connectivity index (χ3n) is 0.663. The summed E-state index contributed by atoms with van der Waals surface area (Å²) in [7, 11) is -4.53. The quantitative estimate of drug-likeness (QED) is 0.477. The van der Waals surface area contributed by atoms with Gasteiger partial charge in [0.25, 0.3) is 0 Å². The molecule has 0 saturated carbocycles. The van der Waals surface area contributed by atoms with Gasteiger partial charge in [-0.2, -0.15) is 0 Å². The fraction of sp³-hybridized carbons (Fsp3) is 1.00. The van der Waals surface area contributed by atoms with E-state index in [0.29, 0.717) is 0 Å². The summed E-state index contributed by atoms with van der Waals surface area (Å²) >= 11 is 0. The van der Waals surface area contributed by atoms with Gasteiger partial charge in [-0.3, -0.25) is 0 Å². The minimum absolute atomic E-state index is 0. The summed E-state index contributed by atoms with van der Waals surface area (Å²) in [5.41, 5.74) is 0. The van der Waals surface area contributed by atoms with E-state index in [0.717, 1.165) is 27.5 Å². The van der Waals surface area contributed by atoms with Crippen molar-refractivity contribution in [1.29, 1.82) is 0 Å². The second-order valence-corrected chi connectivity index (χ2v) is 5.72. The van der Waals surface area contributed by atoms with Crippen molar-refractivity contribution in [1.82, 2.24) is 0 Å². The van der Waals surface area contributed by atoms with Crippen LogP contribution < -0.4 is 9.79 Å². The van der Waals surface area contributed by atoms with Crippen LogP contribution in [0.3, 0.4) is 0 Å². The van der Waals surface area contributed by atoms with Gasteiger partial charge < -0.3 is 28.0 Å². The van der Waals surface area contributed by atoms with E-state index in [9.17, 15) is 18.9 Å². The molecule has 0 aliphatic carbocycles. The first-order chi connectivity index (χ1) is 5.12. The van der Waals surface area contributed by atoms with Crippen molar-refractivity contribution in [3.8, 4) is 0 Å². The van der Waals surface area contributed by atoms with Crippen molar-refractivity contribution >= 4 is 52.9 Å². The second kappa shape index (κ2) is 8.84. The molecule has 0 N–H and O–H groups in total. The number of rotatable bonds is 2. The van der Waals surface area contributed by atoms with Crippen LogP contribution in [0.15, 0.2) is 0 Å². The average molecular weight is 258 g/mol. The molecule has 0 fully saturated rings. The fourth-order valence-electron chi connectivity index (χ4n) is 0. The Morgan fingerprint density at radius 1 is 0.923 bits per heavy atom. The molecule has 0 bridgehead atoms. The van der Waals surface area contributed by atoms with Crippen LogP contribution in [0.25, 0.3) is 0 Å². The van der Waals surface area contributed by atoms with E-state index in [1.54, 1.807) is 0 Å². The number of hydrogen-bond acceptors (Lipinski definition) is 6. The van der Waals surface area contributed by atoms with Gasteiger partial charge in [-0.05, 0) is 0 Å². The molecule has 0 saturated heterocycles. The Bertz CT molecular complexity index is 173. The minimum Gasteiger partial charge on any atom is -0.779 e. The first-order valence-corrected chi connectivity index (χ1v) is 6.79. The van der Waals surface area contributed by atoms with Gasteiger partial charge in [0.05, 0.1) is 0 Å². The number of hydrogen-bond donors (Lipinski definition) is 0. The molecular weight excluding hydrogens is 246 g/mol. The third kappa shape index (κ3) is 31.7. The molecule has 0 spiro atoms. The molecule has 2 atom stereocenters. The van der Waals surface area contributed by atoms with E-state index in [1.165, 1.54) is 0 Å². The average Bonchev–Trinajstić information content (AvgIpc) is 1.86. The van der Waals surface area contributed by atoms with E-state index in [1.807, 2.05) is 0 Å². The van der Waals surface area contributed by atoms with E-state index in [-0.39, 0.29) is 37.7 Å². The maximum absolute atomic E-state index is 9.81. The van der Waals surface area contributed by atoms with Crippen molar-refractivity contribution < 1.29 is 28.0 Å². The molecule has 0 heterocycles. The van der Waals surface area contributed by atoms with Crippen LogP contribution >= 0.6 is 15.2 Å². The first kappa shape index (κ1) is 20.0. The van der Waals surface area contributed by atoms with Gasteiger partial charge in [-0.15, -0.1) is 0 Å². The minimum atomic E-state index is -3.40. The van der Waals surface area contributed by atoms with Gasteiger partial charge in [0.15, 0.2) is 0 Å². The molecular formula is C4H12CaO6P2. The summed E-state index contributed by atoms with van der Waals surface area (Å²) in [6.45, 7) is 2.04. The van der Waals surface area contributed by atoms with Crippen LogP contribution in [-0.4, -0.2) is 65.3 Å². The van der Waals surface area contributed by atoms with Crippen molar-refractivity contribution in [2.75, 3.05) is 27.5 Å². The second-order valence-electron chi connectivity index (χ2n) is 1.91. The van der Waals surface area contributed by atoms with Gasteiger partial charge in [-0.1, -0.05) is 0 Å². The maximum Gasteiger partial charge on any atom is 2.00 e. The van der Waals surface area contributed by atoms with Gasteiger partial charge in [0.2, 0.25) is 0 Å². The zero-order chi connectivity index (χ0) is 10.4. The van der Waals surface area contributed by atoms with Gasteiger partial charge >= 0.3 is 37.7 Å². The van der Waals surface area contributed by atoms with Crippen molar-refractivity contribution in [2.24, 2.45) is 0 Å². The van der Waals surface area contributed by atoms with Crippen molar-refractivity contribution in [2.45, 2.75) is 0 Å². The normalized spacial score (nSPS) is 18.3. The summed E-state index contributed by atoms with van der Waals surface area (Å²) in [6.07, 6.45) is 0. The molecule has 0 radical (unpaired) electrons. The molecule has 0 rings (SSSR count). The van der Waals surface area contributed by atoms with E-state index >= 15 is 0 Å². The van der Waals surface area contributed by atoms with Crippen LogP contribution in [0.1, 0.15) is 0 Å². The van der Waals surface area contributed by atoms with Crippen LogP contribution in [0.2, 0.25) is 0 Å². The van der Waals surface area contributed by atoms with Gasteiger partial charge in [0.1, 0.15) is 15.2 Å². The zero-order valence-electron chi connectivity index (χ0n) is 8.05. The Hall–Kier alpha value is 1.56. The summed E-state index contributed by atoms with van der Waals surface area (Å²) in [6, 6.07) is 0. The molecule has 2 unspecified atom stereocenters. The largest absolute Gasteiger partial charge is 2.00 e. The molecule has 0 aromatic heterocycles. The van der Waals surface area contributed by atoms with E-state index in [2.05, 4.69) is 9.05 Å². The third-order valence-corrected chi connectivity index (χ3v) is 1.99. The zero-order valence-corrected chi connectivity index (χ0v) is 12.0. The monoisotopic (exact) mass is 258 g/mol. The molecule has 6 nitrogen and oxygen atoms in total. The van der Waals surface area contributed by atoms with Crippen LogP contribution in [0, 0.1) is 0 Å². The predicted octanol–water partition coefficient (Wildman–Crippen LogP) is -0.749. The molecule has 0 aromatic rings. The molecule has 0 amide bonds. The summed E-state index contributed by atoms with van der Waals surface area (Å²) in [5, 5.41) is 0. The van der Waals surface area contributed by atoms with Gasteiger partial charge in [-0.25, -0.2) is 0 Å². The van der Waals surface area contributed by atoms with E-state index < -0.39 is 15.2 Å². The van der Waals surface area contributed by atoms with E-state index in [4.69, 9.17) is 0 Å². The predicted molar refractivity (Wildman–Crippen MR) is 46.8 cm³/mol. The SMILES string of the molecule is COP(C)(=O)[O-].COP(C)(=O)[O-].[Ca+2]. The van der Waals surface area contributed by atoms with Crippen LogP contribution in [0.5, 0.6) is 0 Å². The molecule has 9 heteroatoms. The Labute approximate surface area is 108 Å². The molecule has 13 heavy (non-hydrogen) atoms. The Morgan fingerprint density at radius 2 is 1.00 bits per heavy atom. The Morgan fingerprint density at radius 3 is 1.00 bits per heavy atom. The van der Waals surface area contributed by atoms with Crippen LogP contribution in [-0.2, 0) is 18.2 Å². The Balaban J connectivity index is -0.000000143. The molecule has 0 aromatic carbocycles.